The molecule has 20 heavy (non-hydrogen) atoms. The van der Waals surface area contributed by atoms with E-state index >= 15 is 0 Å². The highest BCUT2D eigenvalue weighted by Gasteiger charge is 2.22. The van der Waals surface area contributed by atoms with E-state index in [0.717, 1.165) is 31.6 Å². The Balaban J connectivity index is 1.87. The van der Waals surface area contributed by atoms with Gasteiger partial charge in [0.25, 0.3) is 0 Å². The Morgan fingerprint density at radius 1 is 1.35 bits per heavy atom. The fraction of sp³-hybridized carbons (Fsp3) is 0.500. The van der Waals surface area contributed by atoms with Gasteiger partial charge in [0.05, 0.1) is 10.6 Å². The van der Waals surface area contributed by atoms with Crippen LogP contribution in [0.5, 0.6) is 0 Å². The maximum atomic E-state index is 10.9. The number of nitro groups is 1. The third-order valence-corrected chi connectivity index (χ3v) is 3.67. The first kappa shape index (κ1) is 12.8. The van der Waals surface area contributed by atoms with Crippen LogP contribution in [0.15, 0.2) is 16.8 Å². The lowest BCUT2D eigenvalue weighted by Crippen LogP contribution is -2.36. The summed E-state index contributed by atoms with van der Waals surface area (Å²) in [4.78, 5) is 12.7. The van der Waals surface area contributed by atoms with E-state index in [9.17, 15) is 10.1 Å². The molecule has 106 valence electrons. The van der Waals surface area contributed by atoms with Crippen molar-refractivity contribution in [3.8, 4) is 0 Å². The predicted molar refractivity (Wildman–Crippen MR) is 72.6 cm³/mol. The van der Waals surface area contributed by atoms with Gasteiger partial charge >= 0.3 is 5.69 Å². The van der Waals surface area contributed by atoms with E-state index in [1.807, 2.05) is 0 Å². The van der Waals surface area contributed by atoms with Crippen molar-refractivity contribution in [1.82, 2.24) is 15.2 Å². The highest BCUT2D eigenvalue weighted by molar-refractivity contribution is 5.93. The Morgan fingerprint density at radius 2 is 2.05 bits per heavy atom. The lowest BCUT2D eigenvalue weighted by molar-refractivity contribution is -0.383. The number of anilines is 1. The van der Waals surface area contributed by atoms with Crippen LogP contribution in [-0.4, -0.2) is 46.3 Å². The molecule has 0 spiro atoms. The van der Waals surface area contributed by atoms with Crippen LogP contribution in [0.25, 0.3) is 11.0 Å². The lowest BCUT2D eigenvalue weighted by Gasteiger charge is -2.30. The Labute approximate surface area is 114 Å². The van der Waals surface area contributed by atoms with Gasteiger partial charge in [0.15, 0.2) is 5.52 Å². The van der Waals surface area contributed by atoms with Gasteiger partial charge in [0.1, 0.15) is 0 Å². The van der Waals surface area contributed by atoms with E-state index in [4.69, 9.17) is 0 Å². The van der Waals surface area contributed by atoms with Gasteiger partial charge in [-0.25, -0.2) is 4.63 Å². The van der Waals surface area contributed by atoms with Gasteiger partial charge in [-0.15, -0.1) is 0 Å². The quantitative estimate of drug-likeness (QED) is 0.672. The summed E-state index contributed by atoms with van der Waals surface area (Å²) in [5, 5.41) is 21.7. The number of rotatable bonds is 3. The summed E-state index contributed by atoms with van der Waals surface area (Å²) in [5.74, 6) is 0. The van der Waals surface area contributed by atoms with Crippen LogP contribution in [-0.2, 0) is 0 Å². The fourth-order valence-electron chi connectivity index (χ4n) is 2.49. The minimum Gasteiger partial charge on any atom is -0.380 e. The molecule has 1 aromatic carbocycles. The summed E-state index contributed by atoms with van der Waals surface area (Å²) in [6.45, 7) is 2.07. The molecule has 2 heterocycles. The zero-order valence-electron chi connectivity index (χ0n) is 11.1. The highest BCUT2D eigenvalue weighted by atomic mass is 16.6. The van der Waals surface area contributed by atoms with E-state index < -0.39 is 4.92 Å². The van der Waals surface area contributed by atoms with E-state index in [0.29, 0.717) is 11.6 Å². The van der Waals surface area contributed by atoms with Crippen LogP contribution in [0.4, 0.5) is 11.4 Å². The van der Waals surface area contributed by atoms with E-state index in [2.05, 4.69) is 32.2 Å². The molecular weight excluding hydrogens is 262 g/mol. The fourth-order valence-corrected chi connectivity index (χ4v) is 2.49. The van der Waals surface area contributed by atoms with Crippen LogP contribution < -0.4 is 5.32 Å². The van der Waals surface area contributed by atoms with Crippen LogP contribution in [0, 0.1) is 10.1 Å². The zero-order chi connectivity index (χ0) is 14.1. The Hall–Kier alpha value is -2.22. The minimum atomic E-state index is -0.480. The minimum absolute atomic E-state index is 0.0878. The second kappa shape index (κ2) is 5.04. The third kappa shape index (κ3) is 2.29. The topological polar surface area (TPSA) is 97.3 Å². The number of piperidine rings is 1. The van der Waals surface area contributed by atoms with Crippen LogP contribution in [0.3, 0.4) is 0 Å². The lowest BCUT2D eigenvalue weighted by atomic mass is 10.0. The number of nitro benzene ring substituents is 1. The highest BCUT2D eigenvalue weighted by Crippen LogP contribution is 2.29. The van der Waals surface area contributed by atoms with E-state index in [1.165, 1.54) is 6.07 Å². The largest absolute Gasteiger partial charge is 0.380 e. The molecule has 1 aromatic heterocycles. The number of nitrogens with zero attached hydrogens (tertiary/aromatic N) is 4. The van der Waals surface area contributed by atoms with Crippen LogP contribution in [0.2, 0.25) is 0 Å². The number of hydrogen-bond donors (Lipinski definition) is 1. The van der Waals surface area contributed by atoms with Gasteiger partial charge in [-0.3, -0.25) is 10.1 Å². The number of benzene rings is 1. The SMILES string of the molecule is CN1CCC(Nc2ccc([N+](=O)[O-])c3nonc23)CC1. The molecule has 2 aromatic rings. The predicted octanol–water partition coefficient (Wildman–Crippen LogP) is 1.64. The van der Waals surface area contributed by atoms with Gasteiger partial charge in [0, 0.05) is 12.1 Å². The first-order valence-electron chi connectivity index (χ1n) is 6.50. The molecule has 0 saturated carbocycles. The van der Waals surface area contributed by atoms with Crippen molar-refractivity contribution in [1.29, 1.82) is 0 Å². The van der Waals surface area contributed by atoms with Crippen LogP contribution in [0.1, 0.15) is 12.8 Å². The van der Waals surface area contributed by atoms with Crippen molar-refractivity contribution in [3.63, 3.8) is 0 Å². The van der Waals surface area contributed by atoms with Gasteiger partial charge in [0.2, 0.25) is 5.52 Å². The molecule has 0 atom stereocenters. The molecule has 0 bridgehead atoms. The molecule has 0 amide bonds. The smallest absolute Gasteiger partial charge is 0.300 e. The Bertz CT molecular complexity index is 633. The van der Waals surface area contributed by atoms with Crippen LogP contribution >= 0.6 is 0 Å². The molecule has 1 aliphatic heterocycles. The summed E-state index contributed by atoms with van der Waals surface area (Å²) in [6.07, 6.45) is 2.06. The van der Waals surface area contributed by atoms with Crippen molar-refractivity contribution in [2.45, 2.75) is 18.9 Å². The van der Waals surface area contributed by atoms with E-state index in [1.54, 1.807) is 6.07 Å². The molecule has 1 fully saturated rings. The molecule has 1 N–H and O–H groups in total. The molecule has 8 nitrogen and oxygen atoms in total. The second-order valence-corrected chi connectivity index (χ2v) is 5.07. The summed E-state index contributed by atoms with van der Waals surface area (Å²) in [5.41, 5.74) is 1.25. The number of hydrogen-bond acceptors (Lipinski definition) is 7. The number of fused-ring (bicyclic) bond motifs is 1. The molecule has 3 rings (SSSR count). The number of likely N-dealkylation sites (tertiary alicyclic amines) is 1. The second-order valence-electron chi connectivity index (χ2n) is 5.07. The molecule has 0 radical (unpaired) electrons. The van der Waals surface area contributed by atoms with Crippen molar-refractivity contribution in [2.75, 3.05) is 25.5 Å². The average Bonchev–Trinajstić information content (AvgIpc) is 2.91. The number of aromatic nitrogens is 2. The van der Waals surface area contributed by atoms with Gasteiger partial charge < -0.3 is 10.2 Å². The average molecular weight is 277 g/mol. The Morgan fingerprint density at radius 3 is 2.75 bits per heavy atom. The van der Waals surface area contributed by atoms with Gasteiger partial charge in [-0.1, -0.05) is 0 Å². The first-order valence-corrected chi connectivity index (χ1v) is 6.50. The zero-order valence-corrected chi connectivity index (χ0v) is 11.1. The summed E-state index contributed by atoms with van der Waals surface area (Å²) in [7, 11) is 2.10. The van der Waals surface area contributed by atoms with E-state index in [-0.39, 0.29) is 11.2 Å². The van der Waals surface area contributed by atoms with Crippen molar-refractivity contribution >= 4 is 22.4 Å². The maximum absolute atomic E-state index is 10.9. The number of non-ortho nitro benzene ring substituents is 1. The summed E-state index contributed by atoms with van der Waals surface area (Å²) < 4.78 is 4.65. The molecule has 1 aliphatic rings. The van der Waals surface area contributed by atoms with Crippen molar-refractivity contribution in [3.05, 3.63) is 22.2 Å². The van der Waals surface area contributed by atoms with Gasteiger partial charge in [-0.2, -0.15) is 0 Å². The Kier molecular flexibility index (Phi) is 3.23. The molecule has 8 heteroatoms. The molecular formula is C12H15N5O3. The normalized spacial score (nSPS) is 17.4. The molecule has 0 unspecified atom stereocenters. The third-order valence-electron chi connectivity index (χ3n) is 3.67. The first-order chi connectivity index (χ1) is 9.65. The molecule has 1 saturated heterocycles. The summed E-state index contributed by atoms with van der Waals surface area (Å²) >= 11 is 0. The summed E-state index contributed by atoms with van der Waals surface area (Å²) in [6, 6.07) is 3.44. The van der Waals surface area contributed by atoms with Crippen molar-refractivity contribution in [2.24, 2.45) is 0 Å². The molecule has 0 aliphatic carbocycles. The van der Waals surface area contributed by atoms with Gasteiger partial charge in [-0.05, 0) is 49.4 Å². The monoisotopic (exact) mass is 277 g/mol. The standard InChI is InChI=1S/C12H15N5O3/c1-16-6-4-8(5-7-16)13-9-2-3-10(17(18)19)12-11(9)14-20-15-12/h2-3,8,13H,4-7H2,1H3. The maximum Gasteiger partial charge on any atom is 0.300 e. The van der Waals surface area contributed by atoms with Crippen molar-refractivity contribution < 1.29 is 9.55 Å². The number of nitrogens with one attached hydrogen (secondary N) is 1.